The standard InChI is InChI=1S/C13H18INO4/c14-15-13(16)11-18-10-9-17-7-4-8-19-12-5-2-1-3-6-12/h1-3,5-6H,4,7-11H2,(H,15,16). The van der Waals surface area contributed by atoms with Crippen LogP contribution in [-0.2, 0) is 14.3 Å². The molecule has 0 radical (unpaired) electrons. The van der Waals surface area contributed by atoms with Crippen LogP contribution >= 0.6 is 22.9 Å². The lowest BCUT2D eigenvalue weighted by Crippen LogP contribution is -2.20. The first kappa shape index (κ1) is 16.2. The van der Waals surface area contributed by atoms with Gasteiger partial charge in [0.15, 0.2) is 0 Å². The van der Waals surface area contributed by atoms with Crippen LogP contribution in [0.3, 0.4) is 0 Å². The smallest absolute Gasteiger partial charge is 0.254 e. The van der Waals surface area contributed by atoms with Crippen LogP contribution in [0.1, 0.15) is 6.42 Å². The largest absolute Gasteiger partial charge is 0.494 e. The van der Waals surface area contributed by atoms with Gasteiger partial charge in [0, 0.05) is 13.0 Å². The number of carbonyl (C=O) groups excluding carboxylic acids is 1. The fourth-order valence-corrected chi connectivity index (χ4v) is 1.44. The van der Waals surface area contributed by atoms with Crippen LogP contribution in [-0.4, -0.2) is 38.9 Å². The summed E-state index contributed by atoms with van der Waals surface area (Å²) in [7, 11) is 0. The maximum atomic E-state index is 10.8. The summed E-state index contributed by atoms with van der Waals surface area (Å²) >= 11 is 1.78. The molecule has 0 atom stereocenters. The maximum Gasteiger partial charge on any atom is 0.254 e. The predicted octanol–water partition coefficient (Wildman–Crippen LogP) is 1.95. The molecule has 1 aromatic rings. The van der Waals surface area contributed by atoms with Crippen molar-refractivity contribution < 1.29 is 19.0 Å². The Balaban J connectivity index is 1.85. The van der Waals surface area contributed by atoms with E-state index in [0.717, 1.165) is 12.2 Å². The number of hydrogen-bond acceptors (Lipinski definition) is 4. The van der Waals surface area contributed by atoms with Gasteiger partial charge in [-0.1, -0.05) is 18.2 Å². The van der Waals surface area contributed by atoms with Crippen LogP contribution in [0.4, 0.5) is 0 Å². The van der Waals surface area contributed by atoms with E-state index in [-0.39, 0.29) is 12.5 Å². The molecule has 0 bridgehead atoms. The summed E-state index contributed by atoms with van der Waals surface area (Å²) in [5.74, 6) is 0.729. The van der Waals surface area contributed by atoms with E-state index < -0.39 is 0 Å². The van der Waals surface area contributed by atoms with Crippen molar-refractivity contribution >= 4 is 28.8 Å². The van der Waals surface area contributed by atoms with Crippen LogP contribution in [0, 0.1) is 0 Å². The lowest BCUT2D eigenvalue weighted by Gasteiger charge is -2.07. The number of carbonyl (C=O) groups is 1. The first-order valence-electron chi connectivity index (χ1n) is 6.05. The molecular formula is C13H18INO4. The van der Waals surface area contributed by atoms with E-state index in [1.807, 2.05) is 30.3 Å². The molecule has 0 fully saturated rings. The highest BCUT2D eigenvalue weighted by Gasteiger charge is 1.97. The number of rotatable bonds is 10. The molecule has 0 aliphatic rings. The molecule has 1 amide bonds. The van der Waals surface area contributed by atoms with E-state index >= 15 is 0 Å². The van der Waals surface area contributed by atoms with Gasteiger partial charge >= 0.3 is 0 Å². The van der Waals surface area contributed by atoms with Crippen LogP contribution < -0.4 is 8.27 Å². The van der Waals surface area contributed by atoms with Gasteiger partial charge in [-0.25, -0.2) is 0 Å². The van der Waals surface area contributed by atoms with Gasteiger partial charge in [-0.2, -0.15) is 0 Å². The average Bonchev–Trinajstić information content (AvgIpc) is 2.46. The van der Waals surface area contributed by atoms with Crippen LogP contribution in [0.5, 0.6) is 5.75 Å². The van der Waals surface area contributed by atoms with Crippen molar-refractivity contribution in [1.82, 2.24) is 3.53 Å². The molecule has 0 aliphatic heterocycles. The Kier molecular flexibility index (Phi) is 9.38. The van der Waals surface area contributed by atoms with Crippen LogP contribution in [0.2, 0.25) is 0 Å². The highest BCUT2D eigenvalue weighted by Crippen LogP contribution is 2.08. The summed E-state index contributed by atoms with van der Waals surface area (Å²) in [4.78, 5) is 10.8. The van der Waals surface area contributed by atoms with Gasteiger partial charge in [-0.15, -0.1) is 0 Å². The third kappa shape index (κ3) is 8.79. The van der Waals surface area contributed by atoms with Crippen molar-refractivity contribution in [2.75, 3.05) is 33.0 Å². The molecule has 1 aromatic carbocycles. The molecule has 106 valence electrons. The van der Waals surface area contributed by atoms with E-state index in [2.05, 4.69) is 3.53 Å². The number of hydrogen-bond donors (Lipinski definition) is 1. The molecule has 5 nitrogen and oxygen atoms in total. The number of benzene rings is 1. The first-order valence-corrected chi connectivity index (χ1v) is 7.13. The summed E-state index contributed by atoms with van der Waals surface area (Å²) in [5.41, 5.74) is 0. The van der Waals surface area contributed by atoms with Gasteiger partial charge in [0.05, 0.1) is 42.7 Å². The number of amides is 1. The topological polar surface area (TPSA) is 56.8 Å². The van der Waals surface area contributed by atoms with Gasteiger partial charge in [0.2, 0.25) is 0 Å². The fourth-order valence-electron chi connectivity index (χ4n) is 1.28. The van der Waals surface area contributed by atoms with E-state index in [0.29, 0.717) is 26.4 Å². The zero-order chi connectivity index (χ0) is 13.8. The zero-order valence-electron chi connectivity index (χ0n) is 10.6. The highest BCUT2D eigenvalue weighted by atomic mass is 127. The van der Waals surface area contributed by atoms with Gasteiger partial charge in [0.25, 0.3) is 5.91 Å². The van der Waals surface area contributed by atoms with Crippen molar-refractivity contribution in [3.05, 3.63) is 30.3 Å². The van der Waals surface area contributed by atoms with Gasteiger partial charge < -0.3 is 14.2 Å². The summed E-state index contributed by atoms with van der Waals surface area (Å²) in [6.45, 7) is 2.23. The van der Waals surface area contributed by atoms with E-state index in [1.54, 1.807) is 22.9 Å². The second-order valence-corrected chi connectivity index (χ2v) is 4.24. The summed E-state index contributed by atoms with van der Waals surface area (Å²) in [5, 5.41) is 0. The zero-order valence-corrected chi connectivity index (χ0v) is 12.8. The molecule has 6 heteroatoms. The van der Waals surface area contributed by atoms with Gasteiger partial charge in [0.1, 0.15) is 12.4 Å². The average molecular weight is 379 g/mol. The Bertz CT molecular complexity index is 348. The second kappa shape index (κ2) is 11.0. The van der Waals surface area contributed by atoms with Crippen LogP contribution in [0.25, 0.3) is 0 Å². The molecule has 1 N–H and O–H groups in total. The van der Waals surface area contributed by atoms with Gasteiger partial charge in [-0.05, 0) is 12.1 Å². The first-order chi connectivity index (χ1) is 9.33. The lowest BCUT2D eigenvalue weighted by atomic mass is 10.3. The Hall–Kier alpha value is -0.860. The Labute approximate surface area is 127 Å². The van der Waals surface area contributed by atoms with Crippen molar-refractivity contribution in [2.24, 2.45) is 0 Å². The van der Waals surface area contributed by atoms with Crippen molar-refractivity contribution in [3.63, 3.8) is 0 Å². The van der Waals surface area contributed by atoms with Crippen LogP contribution in [0.15, 0.2) is 30.3 Å². The third-order valence-electron chi connectivity index (χ3n) is 2.16. The molecule has 1 rings (SSSR count). The van der Waals surface area contributed by atoms with E-state index in [9.17, 15) is 4.79 Å². The highest BCUT2D eigenvalue weighted by molar-refractivity contribution is 14.1. The Morgan fingerprint density at radius 1 is 1.05 bits per heavy atom. The van der Waals surface area contributed by atoms with Crippen molar-refractivity contribution in [1.29, 1.82) is 0 Å². The predicted molar refractivity (Wildman–Crippen MR) is 80.4 cm³/mol. The molecular weight excluding hydrogens is 361 g/mol. The second-order valence-electron chi connectivity index (χ2n) is 3.70. The molecule has 19 heavy (non-hydrogen) atoms. The van der Waals surface area contributed by atoms with Gasteiger partial charge in [-0.3, -0.25) is 8.32 Å². The minimum atomic E-state index is -0.142. The maximum absolute atomic E-state index is 10.8. The number of para-hydroxylation sites is 1. The molecule has 0 unspecified atom stereocenters. The number of halogens is 1. The summed E-state index contributed by atoms with van der Waals surface area (Å²) in [6, 6.07) is 9.68. The quantitative estimate of drug-likeness (QED) is 0.384. The fraction of sp³-hybridized carbons (Fsp3) is 0.462. The Morgan fingerprint density at radius 3 is 2.53 bits per heavy atom. The number of ether oxygens (including phenoxy) is 3. The SMILES string of the molecule is O=C(COCCOCCCOc1ccccc1)NI. The third-order valence-corrected chi connectivity index (χ3v) is 2.76. The van der Waals surface area contributed by atoms with E-state index in [4.69, 9.17) is 14.2 Å². The minimum absolute atomic E-state index is 0.0728. The van der Waals surface area contributed by atoms with Crippen molar-refractivity contribution in [2.45, 2.75) is 6.42 Å². The minimum Gasteiger partial charge on any atom is -0.494 e. The lowest BCUT2D eigenvalue weighted by molar-refractivity contribution is -0.123. The molecule has 0 heterocycles. The Morgan fingerprint density at radius 2 is 1.79 bits per heavy atom. The molecule has 0 aliphatic carbocycles. The molecule has 0 spiro atoms. The monoisotopic (exact) mass is 379 g/mol. The van der Waals surface area contributed by atoms with Crippen molar-refractivity contribution in [3.8, 4) is 5.75 Å². The molecule has 0 saturated carbocycles. The summed E-state index contributed by atoms with van der Waals surface area (Å²) in [6.07, 6.45) is 0.823. The number of nitrogens with one attached hydrogen (secondary N) is 1. The normalized spacial score (nSPS) is 10.2. The van der Waals surface area contributed by atoms with E-state index in [1.165, 1.54) is 0 Å². The molecule has 0 aromatic heterocycles. The summed E-state index contributed by atoms with van der Waals surface area (Å²) < 4.78 is 18.4. The molecule has 0 saturated heterocycles.